The van der Waals surface area contributed by atoms with Crippen molar-refractivity contribution in [3.8, 4) is 5.75 Å². The highest BCUT2D eigenvalue weighted by Gasteiger charge is 2.06. The van der Waals surface area contributed by atoms with Gasteiger partial charge in [-0.25, -0.2) is 0 Å². The van der Waals surface area contributed by atoms with Crippen molar-refractivity contribution < 1.29 is 5.11 Å². The van der Waals surface area contributed by atoms with Gasteiger partial charge in [-0.1, -0.05) is 13.8 Å². The monoisotopic (exact) mass is 143 g/mol. The maximum Gasteiger partial charge on any atom is 0.149 e. The van der Waals surface area contributed by atoms with Gasteiger partial charge in [-0.2, -0.15) is 4.37 Å². The largest absolute Gasteiger partial charge is 0.505 e. The number of rotatable bonds is 1. The molecule has 0 fully saturated rings. The molecule has 1 rings (SSSR count). The minimum absolute atomic E-state index is 0.329. The summed E-state index contributed by atoms with van der Waals surface area (Å²) in [5, 5.41) is 9.07. The number of nitrogens with zero attached hydrogens (tertiary/aromatic N) is 1. The quantitative estimate of drug-likeness (QED) is 0.652. The average Bonchev–Trinajstić information content (AvgIpc) is 2.13. The Bertz CT molecular complexity index is 195. The Morgan fingerprint density at radius 1 is 1.67 bits per heavy atom. The van der Waals surface area contributed by atoms with Crippen LogP contribution in [0.1, 0.15) is 24.6 Å². The lowest BCUT2D eigenvalue weighted by Crippen LogP contribution is -1.79. The molecule has 0 aliphatic rings. The molecule has 0 amide bonds. The van der Waals surface area contributed by atoms with Crippen molar-refractivity contribution in [3.05, 3.63) is 11.1 Å². The van der Waals surface area contributed by atoms with Gasteiger partial charge in [0.05, 0.1) is 11.1 Å². The molecule has 3 heteroatoms. The van der Waals surface area contributed by atoms with Gasteiger partial charge in [0, 0.05) is 0 Å². The van der Waals surface area contributed by atoms with Crippen molar-refractivity contribution in [1.82, 2.24) is 4.37 Å². The van der Waals surface area contributed by atoms with Crippen molar-refractivity contribution in [2.45, 2.75) is 19.8 Å². The number of hydrogen-bond donors (Lipinski definition) is 1. The Labute approximate surface area is 58.3 Å². The molecule has 0 aliphatic heterocycles. The second kappa shape index (κ2) is 2.35. The van der Waals surface area contributed by atoms with Crippen molar-refractivity contribution in [2.75, 3.05) is 0 Å². The Morgan fingerprint density at radius 3 is 2.56 bits per heavy atom. The van der Waals surface area contributed by atoms with Gasteiger partial charge < -0.3 is 5.11 Å². The van der Waals surface area contributed by atoms with Crippen LogP contribution in [0, 0.1) is 0 Å². The van der Waals surface area contributed by atoms with Crippen LogP contribution in [0.4, 0.5) is 0 Å². The highest BCUT2D eigenvalue weighted by atomic mass is 32.1. The molecule has 0 aliphatic carbocycles. The zero-order chi connectivity index (χ0) is 6.85. The SMILES string of the molecule is CC(C)c1sncc1O. The summed E-state index contributed by atoms with van der Waals surface area (Å²) < 4.78 is 3.83. The van der Waals surface area contributed by atoms with Gasteiger partial charge in [0.15, 0.2) is 0 Å². The number of hydrogen-bond acceptors (Lipinski definition) is 3. The lowest BCUT2D eigenvalue weighted by molar-refractivity contribution is 0.468. The van der Waals surface area contributed by atoms with E-state index in [4.69, 9.17) is 5.11 Å². The summed E-state index contributed by atoms with van der Waals surface area (Å²) in [6.07, 6.45) is 1.49. The van der Waals surface area contributed by atoms with Crippen LogP contribution in [0.5, 0.6) is 5.75 Å². The minimum atomic E-state index is 0.329. The molecule has 50 valence electrons. The Hall–Kier alpha value is -0.570. The number of aromatic nitrogens is 1. The molecule has 0 saturated heterocycles. The van der Waals surface area contributed by atoms with E-state index in [9.17, 15) is 0 Å². The van der Waals surface area contributed by atoms with E-state index in [1.54, 1.807) is 0 Å². The van der Waals surface area contributed by atoms with E-state index < -0.39 is 0 Å². The van der Waals surface area contributed by atoms with Crippen LogP contribution in [0.3, 0.4) is 0 Å². The van der Waals surface area contributed by atoms with E-state index in [-0.39, 0.29) is 0 Å². The molecule has 0 bridgehead atoms. The third-order valence-electron chi connectivity index (χ3n) is 1.10. The molecule has 0 aromatic carbocycles. The summed E-state index contributed by atoms with van der Waals surface area (Å²) in [4.78, 5) is 0.968. The van der Waals surface area contributed by atoms with Gasteiger partial charge >= 0.3 is 0 Å². The highest BCUT2D eigenvalue weighted by molar-refractivity contribution is 7.06. The van der Waals surface area contributed by atoms with Gasteiger partial charge in [-0.05, 0) is 17.5 Å². The molecule has 1 heterocycles. The van der Waals surface area contributed by atoms with Gasteiger partial charge in [0.25, 0.3) is 0 Å². The van der Waals surface area contributed by atoms with Crippen molar-refractivity contribution in [1.29, 1.82) is 0 Å². The Balaban J connectivity index is 2.94. The summed E-state index contributed by atoms with van der Waals surface area (Å²) in [7, 11) is 0. The fourth-order valence-corrected chi connectivity index (χ4v) is 1.27. The lowest BCUT2D eigenvalue weighted by Gasteiger charge is -1.97. The second-order valence-corrected chi connectivity index (χ2v) is 3.06. The van der Waals surface area contributed by atoms with E-state index in [2.05, 4.69) is 4.37 Å². The number of aromatic hydroxyl groups is 1. The first kappa shape index (κ1) is 6.55. The van der Waals surface area contributed by atoms with Gasteiger partial charge in [0.2, 0.25) is 0 Å². The standard InChI is InChI=1S/C6H9NOS/c1-4(2)6-5(8)3-7-9-6/h3-4,8H,1-2H3. The molecule has 1 aromatic rings. The maximum absolute atomic E-state index is 9.07. The van der Waals surface area contributed by atoms with E-state index in [1.165, 1.54) is 17.7 Å². The highest BCUT2D eigenvalue weighted by Crippen LogP contribution is 2.27. The van der Waals surface area contributed by atoms with Crippen molar-refractivity contribution in [2.24, 2.45) is 0 Å². The zero-order valence-electron chi connectivity index (χ0n) is 5.46. The van der Waals surface area contributed by atoms with Crippen molar-refractivity contribution in [3.63, 3.8) is 0 Å². The van der Waals surface area contributed by atoms with Crippen LogP contribution in [-0.2, 0) is 0 Å². The van der Waals surface area contributed by atoms with Gasteiger partial charge in [-0.3, -0.25) is 0 Å². The lowest BCUT2D eigenvalue weighted by atomic mass is 10.2. The van der Waals surface area contributed by atoms with E-state index in [1.807, 2.05) is 13.8 Å². The third kappa shape index (κ3) is 1.21. The third-order valence-corrected chi connectivity index (χ3v) is 2.19. The van der Waals surface area contributed by atoms with Crippen LogP contribution < -0.4 is 0 Å². The summed E-state index contributed by atoms with van der Waals surface area (Å²) in [5.41, 5.74) is 0. The predicted molar refractivity (Wildman–Crippen MR) is 37.9 cm³/mol. The molecule has 0 spiro atoms. The van der Waals surface area contributed by atoms with Gasteiger partial charge in [0.1, 0.15) is 5.75 Å². The topological polar surface area (TPSA) is 33.1 Å². The minimum Gasteiger partial charge on any atom is -0.505 e. The molecular weight excluding hydrogens is 134 g/mol. The molecule has 0 saturated carbocycles. The van der Waals surface area contributed by atoms with Crippen molar-refractivity contribution >= 4 is 11.5 Å². The molecule has 0 unspecified atom stereocenters. The van der Waals surface area contributed by atoms with Crippen LogP contribution in [-0.4, -0.2) is 9.48 Å². The van der Waals surface area contributed by atoms with Crippen LogP contribution in [0.15, 0.2) is 6.20 Å². The summed E-state index contributed by atoms with van der Waals surface area (Å²) >= 11 is 1.36. The first-order valence-electron chi connectivity index (χ1n) is 2.85. The Morgan fingerprint density at radius 2 is 2.33 bits per heavy atom. The molecule has 1 aromatic heterocycles. The molecule has 0 atom stereocenters. The fourth-order valence-electron chi connectivity index (χ4n) is 0.645. The summed E-state index contributed by atoms with van der Waals surface area (Å²) in [5.74, 6) is 0.715. The van der Waals surface area contributed by atoms with E-state index in [0.29, 0.717) is 11.7 Å². The predicted octanol–water partition coefficient (Wildman–Crippen LogP) is 1.97. The normalized spacial score (nSPS) is 10.6. The smallest absolute Gasteiger partial charge is 0.149 e. The molecule has 0 radical (unpaired) electrons. The maximum atomic E-state index is 9.07. The molecule has 2 nitrogen and oxygen atoms in total. The van der Waals surface area contributed by atoms with Crippen LogP contribution in [0.2, 0.25) is 0 Å². The average molecular weight is 143 g/mol. The molecule has 9 heavy (non-hydrogen) atoms. The second-order valence-electron chi connectivity index (χ2n) is 2.23. The summed E-state index contributed by atoms with van der Waals surface area (Å²) in [6.45, 7) is 4.07. The van der Waals surface area contributed by atoms with Crippen LogP contribution in [0.25, 0.3) is 0 Å². The van der Waals surface area contributed by atoms with E-state index in [0.717, 1.165) is 4.88 Å². The first-order chi connectivity index (χ1) is 4.22. The zero-order valence-corrected chi connectivity index (χ0v) is 6.27. The summed E-state index contributed by atoms with van der Waals surface area (Å²) in [6, 6.07) is 0. The fraction of sp³-hybridized carbons (Fsp3) is 0.500. The van der Waals surface area contributed by atoms with Gasteiger partial charge in [-0.15, -0.1) is 0 Å². The first-order valence-corrected chi connectivity index (χ1v) is 3.62. The van der Waals surface area contributed by atoms with Crippen LogP contribution >= 0.6 is 11.5 Å². The molecular formula is C6H9NOS. The van der Waals surface area contributed by atoms with E-state index >= 15 is 0 Å². The molecule has 1 N–H and O–H groups in total. The Kier molecular flexibility index (Phi) is 1.71.